The summed E-state index contributed by atoms with van der Waals surface area (Å²) in [5.74, 6) is 1.86. The van der Waals surface area contributed by atoms with Gasteiger partial charge in [0, 0.05) is 47.5 Å². The van der Waals surface area contributed by atoms with E-state index in [1.807, 2.05) is 53.8 Å². The van der Waals surface area contributed by atoms with Crippen LogP contribution in [0.3, 0.4) is 0 Å². The van der Waals surface area contributed by atoms with Crippen LogP contribution in [0, 0.1) is 0 Å². The number of para-hydroxylation sites is 2. The van der Waals surface area contributed by atoms with Gasteiger partial charge < -0.3 is 4.42 Å². The summed E-state index contributed by atoms with van der Waals surface area (Å²) in [5, 5.41) is 7.10. The first kappa shape index (κ1) is 26.0. The van der Waals surface area contributed by atoms with Crippen LogP contribution in [0.25, 0.3) is 109 Å². The zero-order valence-electron chi connectivity index (χ0n) is 25.4. The van der Waals surface area contributed by atoms with E-state index in [2.05, 4.69) is 97.1 Å². The van der Waals surface area contributed by atoms with E-state index < -0.39 is 0 Å². The van der Waals surface area contributed by atoms with Crippen molar-refractivity contribution in [3.05, 3.63) is 140 Å². The summed E-state index contributed by atoms with van der Waals surface area (Å²) in [7, 11) is 0. The van der Waals surface area contributed by atoms with Crippen molar-refractivity contribution in [1.29, 1.82) is 0 Å². The molecular weight excluding hydrogens is 607 g/mol. The van der Waals surface area contributed by atoms with Crippen LogP contribution in [-0.2, 0) is 0 Å². The number of benzene rings is 7. The van der Waals surface area contributed by atoms with E-state index in [1.54, 1.807) is 0 Å². The molecule has 10 aromatic rings. The second-order valence-electron chi connectivity index (χ2n) is 12.3. The highest BCUT2D eigenvalue weighted by molar-refractivity contribution is 7.26. The SMILES string of the molecule is c1ccc(-c2nc(-c3cccc4c3oc3ccccc34)nc(-c3ccc4c5c(cc6c7ccccc7sc6c35)-c3ccccc3-4)n2)cc1. The molecule has 1 aliphatic carbocycles. The van der Waals surface area contributed by atoms with Gasteiger partial charge in [-0.1, -0.05) is 109 Å². The molecule has 0 saturated carbocycles. The highest BCUT2D eigenvalue weighted by Gasteiger charge is 2.27. The third-order valence-electron chi connectivity index (χ3n) is 9.69. The van der Waals surface area contributed by atoms with E-state index in [9.17, 15) is 0 Å². The molecule has 7 aromatic carbocycles. The second-order valence-corrected chi connectivity index (χ2v) is 13.4. The number of fused-ring (bicyclic) bond motifs is 10. The van der Waals surface area contributed by atoms with Crippen LogP contribution >= 0.6 is 11.3 Å². The van der Waals surface area contributed by atoms with E-state index in [1.165, 1.54) is 53.2 Å². The number of thiophene rings is 1. The van der Waals surface area contributed by atoms with E-state index in [4.69, 9.17) is 19.4 Å². The maximum atomic E-state index is 6.47. The summed E-state index contributed by atoms with van der Waals surface area (Å²) in [6.45, 7) is 0. The Bertz CT molecular complexity index is 2960. The number of furan rings is 1. The highest BCUT2D eigenvalue weighted by Crippen LogP contribution is 2.54. The molecule has 3 heterocycles. The Kier molecular flexibility index (Phi) is 5.23. The summed E-state index contributed by atoms with van der Waals surface area (Å²) in [4.78, 5) is 15.6. The first-order valence-electron chi connectivity index (χ1n) is 16.0. The lowest BCUT2D eigenvalue weighted by atomic mass is 9.95. The van der Waals surface area contributed by atoms with Crippen molar-refractivity contribution in [1.82, 2.24) is 15.0 Å². The standard InChI is InChI=1S/C43H23N3OS/c1-2-11-24(12-3-1)41-44-42(46-43(45-41)32-18-10-17-30-27-15-6-8-19-35(27)47-39(30)32)31-22-21-29-25-13-4-5-14-26(25)33-23-34-28-16-7-9-20-36(28)48-40(34)38(31)37(29)33/h1-23H. The smallest absolute Gasteiger partial charge is 0.167 e. The Balaban J connectivity index is 1.26. The summed E-state index contributed by atoms with van der Waals surface area (Å²) >= 11 is 1.84. The number of hydrogen-bond acceptors (Lipinski definition) is 5. The molecule has 0 N–H and O–H groups in total. The molecule has 11 rings (SSSR count). The van der Waals surface area contributed by atoms with E-state index >= 15 is 0 Å². The van der Waals surface area contributed by atoms with Gasteiger partial charge >= 0.3 is 0 Å². The number of nitrogens with zero attached hydrogens (tertiary/aromatic N) is 3. The largest absolute Gasteiger partial charge is 0.455 e. The second kappa shape index (κ2) is 9.67. The molecule has 0 spiro atoms. The maximum Gasteiger partial charge on any atom is 0.167 e. The fourth-order valence-corrected chi connectivity index (χ4v) is 8.81. The molecule has 3 aromatic heterocycles. The van der Waals surface area contributed by atoms with Gasteiger partial charge in [-0.25, -0.2) is 15.0 Å². The molecule has 0 saturated heterocycles. The van der Waals surface area contributed by atoms with Gasteiger partial charge in [0.05, 0.1) is 5.56 Å². The molecule has 0 amide bonds. The Morgan fingerprint density at radius 1 is 0.417 bits per heavy atom. The summed E-state index contributed by atoms with van der Waals surface area (Å²) in [6, 6.07) is 48.8. The van der Waals surface area contributed by atoms with Gasteiger partial charge in [0.25, 0.3) is 0 Å². The van der Waals surface area contributed by atoms with Crippen LogP contribution in [0.4, 0.5) is 0 Å². The minimum absolute atomic E-state index is 0.586. The first-order chi connectivity index (χ1) is 23.8. The van der Waals surface area contributed by atoms with Crippen molar-refractivity contribution >= 4 is 64.2 Å². The molecule has 48 heavy (non-hydrogen) atoms. The van der Waals surface area contributed by atoms with Crippen molar-refractivity contribution in [2.75, 3.05) is 0 Å². The van der Waals surface area contributed by atoms with E-state index in [-0.39, 0.29) is 0 Å². The molecule has 222 valence electrons. The Morgan fingerprint density at radius 3 is 1.94 bits per heavy atom. The Hall–Kier alpha value is -6.17. The molecule has 4 nitrogen and oxygen atoms in total. The molecule has 0 aliphatic heterocycles. The molecule has 0 radical (unpaired) electrons. The zero-order chi connectivity index (χ0) is 31.3. The van der Waals surface area contributed by atoms with Gasteiger partial charge in [-0.3, -0.25) is 0 Å². The van der Waals surface area contributed by atoms with Crippen LogP contribution in [0.2, 0.25) is 0 Å². The first-order valence-corrected chi connectivity index (χ1v) is 16.8. The third kappa shape index (κ3) is 3.56. The van der Waals surface area contributed by atoms with Crippen molar-refractivity contribution < 1.29 is 4.42 Å². The molecule has 0 atom stereocenters. The van der Waals surface area contributed by atoms with E-state index in [0.29, 0.717) is 17.5 Å². The average molecular weight is 630 g/mol. The van der Waals surface area contributed by atoms with Crippen molar-refractivity contribution in [3.8, 4) is 56.4 Å². The van der Waals surface area contributed by atoms with Gasteiger partial charge in [0.15, 0.2) is 17.5 Å². The lowest BCUT2D eigenvalue weighted by Gasteiger charge is -2.13. The number of aromatic nitrogens is 3. The Morgan fingerprint density at radius 2 is 1.06 bits per heavy atom. The van der Waals surface area contributed by atoms with Crippen LogP contribution in [0.15, 0.2) is 144 Å². The summed E-state index contributed by atoms with van der Waals surface area (Å²) < 4.78 is 8.99. The molecule has 0 unspecified atom stereocenters. The van der Waals surface area contributed by atoms with Crippen molar-refractivity contribution in [2.45, 2.75) is 0 Å². The Labute approximate surface area is 278 Å². The lowest BCUT2D eigenvalue weighted by molar-refractivity contribution is 0.669. The minimum atomic E-state index is 0.586. The third-order valence-corrected chi connectivity index (χ3v) is 10.9. The van der Waals surface area contributed by atoms with Crippen LogP contribution < -0.4 is 0 Å². The lowest BCUT2D eigenvalue weighted by Crippen LogP contribution is -2.01. The topological polar surface area (TPSA) is 51.8 Å². The monoisotopic (exact) mass is 629 g/mol. The fourth-order valence-electron chi connectivity index (χ4n) is 7.56. The van der Waals surface area contributed by atoms with Crippen molar-refractivity contribution in [2.24, 2.45) is 0 Å². The fraction of sp³-hybridized carbons (Fsp3) is 0. The van der Waals surface area contributed by atoms with Crippen LogP contribution in [0.1, 0.15) is 0 Å². The molecule has 5 heteroatoms. The predicted molar refractivity (Wildman–Crippen MR) is 198 cm³/mol. The number of rotatable bonds is 3. The average Bonchev–Trinajstić information content (AvgIpc) is 3.82. The molecule has 1 aliphatic rings. The number of hydrogen-bond donors (Lipinski definition) is 0. The summed E-state index contributed by atoms with van der Waals surface area (Å²) in [6.07, 6.45) is 0. The van der Waals surface area contributed by atoms with Crippen LogP contribution in [-0.4, -0.2) is 15.0 Å². The van der Waals surface area contributed by atoms with Crippen molar-refractivity contribution in [3.63, 3.8) is 0 Å². The molecule has 0 fully saturated rings. The van der Waals surface area contributed by atoms with Gasteiger partial charge in [0.1, 0.15) is 11.2 Å². The molecule has 0 bridgehead atoms. The normalized spacial score (nSPS) is 12.2. The minimum Gasteiger partial charge on any atom is -0.455 e. The quantitative estimate of drug-likeness (QED) is 0.195. The predicted octanol–water partition coefficient (Wildman–Crippen LogP) is 11.9. The van der Waals surface area contributed by atoms with Gasteiger partial charge in [-0.05, 0) is 58.0 Å². The van der Waals surface area contributed by atoms with Gasteiger partial charge in [-0.2, -0.15) is 0 Å². The zero-order valence-corrected chi connectivity index (χ0v) is 26.3. The summed E-state index contributed by atoms with van der Waals surface area (Å²) in [5.41, 5.74) is 9.45. The maximum absolute atomic E-state index is 6.47. The van der Waals surface area contributed by atoms with Gasteiger partial charge in [0.2, 0.25) is 0 Å². The highest BCUT2D eigenvalue weighted by atomic mass is 32.1. The molecular formula is C43H23N3OS. The van der Waals surface area contributed by atoms with Crippen LogP contribution in [0.5, 0.6) is 0 Å². The van der Waals surface area contributed by atoms with Gasteiger partial charge in [-0.15, -0.1) is 11.3 Å². The van der Waals surface area contributed by atoms with E-state index in [0.717, 1.165) is 38.6 Å².